The molecule has 2 rings (SSSR count). The standard InChI is InChI=1S/C19H28FN3O7/c1-3-5-11(6-4-2)17(26)21-8-16(25)30-13-7-15(29-14(13)10-24)23-9-12(20)18(27)22-19(23)28/h9,11,13-15,24H,3-8,10H2,1-2H3,(H,21,26)(H,22,27,28)/t13?,14-,15-/m0/s1. The summed E-state index contributed by atoms with van der Waals surface area (Å²) in [5.41, 5.74) is -2.05. The highest BCUT2D eigenvalue weighted by atomic mass is 19.1. The molecule has 1 saturated heterocycles. The van der Waals surface area contributed by atoms with Crippen LogP contribution in [0.1, 0.15) is 52.2 Å². The molecule has 1 aliphatic heterocycles. The van der Waals surface area contributed by atoms with Gasteiger partial charge in [-0.3, -0.25) is 23.9 Å². The van der Waals surface area contributed by atoms with Gasteiger partial charge in [0.2, 0.25) is 11.7 Å². The molecule has 0 aromatic carbocycles. The SMILES string of the molecule is CCCC(CCC)C(=O)NCC(=O)OC1C[C@@H](n2cc(F)c(=O)[nH]c2=O)O[C@H]1CO. The number of hydrogen-bond acceptors (Lipinski definition) is 7. The van der Waals surface area contributed by atoms with Crippen molar-refractivity contribution in [3.63, 3.8) is 0 Å². The van der Waals surface area contributed by atoms with Crippen LogP contribution in [-0.4, -0.2) is 51.9 Å². The molecule has 10 nitrogen and oxygen atoms in total. The molecule has 0 radical (unpaired) electrons. The second-order valence-corrected chi connectivity index (χ2v) is 7.21. The minimum Gasteiger partial charge on any atom is -0.458 e. The summed E-state index contributed by atoms with van der Waals surface area (Å²) in [6.45, 7) is 3.12. The van der Waals surface area contributed by atoms with E-state index in [1.165, 1.54) is 0 Å². The van der Waals surface area contributed by atoms with Gasteiger partial charge in [0.25, 0.3) is 5.56 Å². The second kappa shape index (κ2) is 11.0. The summed E-state index contributed by atoms with van der Waals surface area (Å²) < 4.78 is 25.1. The molecule has 1 fully saturated rings. The largest absolute Gasteiger partial charge is 0.458 e. The lowest BCUT2D eigenvalue weighted by Crippen LogP contribution is -2.38. The first-order valence-electron chi connectivity index (χ1n) is 10.0. The molecule has 1 unspecified atom stereocenters. The predicted octanol–water partition coefficient (Wildman–Crippen LogP) is 0.200. The van der Waals surface area contributed by atoms with Crippen LogP contribution < -0.4 is 16.6 Å². The number of rotatable bonds is 10. The van der Waals surface area contributed by atoms with Crippen molar-refractivity contribution in [2.24, 2.45) is 5.92 Å². The Labute approximate surface area is 172 Å². The first-order valence-corrected chi connectivity index (χ1v) is 10.0. The van der Waals surface area contributed by atoms with Gasteiger partial charge in [-0.25, -0.2) is 4.79 Å². The summed E-state index contributed by atoms with van der Waals surface area (Å²) >= 11 is 0. The molecule has 168 valence electrons. The molecule has 0 bridgehead atoms. The van der Waals surface area contributed by atoms with Gasteiger partial charge in [-0.05, 0) is 12.8 Å². The monoisotopic (exact) mass is 429 g/mol. The van der Waals surface area contributed by atoms with E-state index in [9.17, 15) is 28.7 Å². The second-order valence-electron chi connectivity index (χ2n) is 7.21. The number of aliphatic hydroxyl groups is 1. The number of aromatic nitrogens is 2. The molecule has 3 N–H and O–H groups in total. The number of aromatic amines is 1. The number of nitrogens with one attached hydrogen (secondary N) is 2. The maximum absolute atomic E-state index is 13.5. The number of aliphatic hydroxyl groups excluding tert-OH is 1. The van der Waals surface area contributed by atoms with Gasteiger partial charge in [0, 0.05) is 12.3 Å². The Bertz CT molecular complexity index is 847. The Morgan fingerprint density at radius 3 is 2.63 bits per heavy atom. The van der Waals surface area contributed by atoms with Crippen LogP contribution in [0, 0.1) is 11.7 Å². The van der Waals surface area contributed by atoms with E-state index in [0.717, 1.165) is 30.3 Å². The van der Waals surface area contributed by atoms with Crippen LogP contribution >= 0.6 is 0 Å². The summed E-state index contributed by atoms with van der Waals surface area (Å²) in [5.74, 6) is -2.28. The third-order valence-electron chi connectivity index (χ3n) is 4.93. The Morgan fingerprint density at radius 2 is 2.03 bits per heavy atom. The zero-order valence-corrected chi connectivity index (χ0v) is 17.1. The number of esters is 1. The van der Waals surface area contributed by atoms with Gasteiger partial charge in [-0.2, -0.15) is 4.39 Å². The minimum atomic E-state index is -1.17. The number of hydrogen-bond donors (Lipinski definition) is 3. The summed E-state index contributed by atoms with van der Waals surface area (Å²) in [7, 11) is 0. The van der Waals surface area contributed by atoms with E-state index in [1.54, 1.807) is 0 Å². The fraction of sp³-hybridized carbons (Fsp3) is 0.684. The molecule has 3 atom stereocenters. The zero-order chi connectivity index (χ0) is 22.3. The number of amides is 1. The van der Waals surface area contributed by atoms with Crippen LogP contribution in [0.5, 0.6) is 0 Å². The fourth-order valence-corrected chi connectivity index (χ4v) is 3.45. The van der Waals surface area contributed by atoms with E-state index in [0.29, 0.717) is 6.20 Å². The molecule has 0 aliphatic carbocycles. The van der Waals surface area contributed by atoms with Gasteiger partial charge >= 0.3 is 11.7 Å². The van der Waals surface area contributed by atoms with Crippen molar-refractivity contribution in [1.82, 2.24) is 14.9 Å². The van der Waals surface area contributed by atoms with E-state index >= 15 is 0 Å². The molecular weight excluding hydrogens is 401 g/mol. The molecule has 0 spiro atoms. The fourth-order valence-electron chi connectivity index (χ4n) is 3.45. The topological polar surface area (TPSA) is 140 Å². The maximum Gasteiger partial charge on any atom is 0.330 e. The average Bonchev–Trinajstić information content (AvgIpc) is 3.11. The number of nitrogens with zero attached hydrogens (tertiary/aromatic N) is 1. The summed E-state index contributed by atoms with van der Waals surface area (Å²) in [4.78, 5) is 49.3. The van der Waals surface area contributed by atoms with Crippen molar-refractivity contribution in [3.05, 3.63) is 32.9 Å². The molecule has 1 amide bonds. The highest BCUT2D eigenvalue weighted by Crippen LogP contribution is 2.29. The summed E-state index contributed by atoms with van der Waals surface area (Å²) in [6.07, 6.45) is 0.938. The van der Waals surface area contributed by atoms with E-state index in [4.69, 9.17) is 9.47 Å². The van der Waals surface area contributed by atoms with E-state index < -0.39 is 48.1 Å². The lowest BCUT2D eigenvalue weighted by molar-refractivity contribution is -0.153. The first kappa shape index (κ1) is 23.7. The number of ether oxygens (including phenoxy) is 2. The van der Waals surface area contributed by atoms with Gasteiger partial charge < -0.3 is 19.9 Å². The number of halogens is 1. The molecular formula is C19H28FN3O7. The maximum atomic E-state index is 13.5. The predicted molar refractivity (Wildman–Crippen MR) is 103 cm³/mol. The highest BCUT2D eigenvalue weighted by molar-refractivity contribution is 5.83. The van der Waals surface area contributed by atoms with Crippen LogP contribution in [0.2, 0.25) is 0 Å². The number of H-pyrrole nitrogens is 1. The first-order chi connectivity index (χ1) is 14.3. The van der Waals surface area contributed by atoms with Crippen molar-refractivity contribution in [2.75, 3.05) is 13.2 Å². The molecule has 1 aliphatic rings. The Morgan fingerprint density at radius 1 is 1.37 bits per heavy atom. The molecule has 11 heteroatoms. The van der Waals surface area contributed by atoms with E-state index in [1.807, 2.05) is 18.8 Å². The third kappa shape index (κ3) is 5.99. The van der Waals surface area contributed by atoms with Crippen LogP contribution in [0.3, 0.4) is 0 Å². The third-order valence-corrected chi connectivity index (χ3v) is 4.93. The van der Waals surface area contributed by atoms with Crippen LogP contribution in [0.4, 0.5) is 4.39 Å². The van der Waals surface area contributed by atoms with Gasteiger partial charge in [0.15, 0.2) is 0 Å². The van der Waals surface area contributed by atoms with Crippen molar-refractivity contribution in [1.29, 1.82) is 0 Å². The smallest absolute Gasteiger partial charge is 0.330 e. The lowest BCUT2D eigenvalue weighted by Gasteiger charge is -2.18. The molecule has 1 aromatic heterocycles. The summed E-state index contributed by atoms with van der Waals surface area (Å²) in [6, 6.07) is 0. The van der Waals surface area contributed by atoms with Crippen molar-refractivity contribution < 1.29 is 28.6 Å². The average molecular weight is 429 g/mol. The van der Waals surface area contributed by atoms with Crippen molar-refractivity contribution >= 4 is 11.9 Å². The highest BCUT2D eigenvalue weighted by Gasteiger charge is 2.39. The van der Waals surface area contributed by atoms with Crippen LogP contribution in [-0.2, 0) is 19.1 Å². The number of carbonyl (C=O) groups is 2. The summed E-state index contributed by atoms with van der Waals surface area (Å²) in [5, 5.41) is 12.0. The van der Waals surface area contributed by atoms with Gasteiger partial charge in [-0.1, -0.05) is 26.7 Å². The Kier molecular flexibility index (Phi) is 8.72. The molecule has 30 heavy (non-hydrogen) atoms. The molecule has 0 saturated carbocycles. The van der Waals surface area contributed by atoms with Gasteiger partial charge in [-0.15, -0.1) is 0 Å². The zero-order valence-electron chi connectivity index (χ0n) is 17.1. The van der Waals surface area contributed by atoms with E-state index in [2.05, 4.69) is 5.32 Å². The minimum absolute atomic E-state index is 0.0371. The number of carbonyl (C=O) groups excluding carboxylic acids is 2. The molecule has 1 aromatic rings. The van der Waals surface area contributed by atoms with Gasteiger partial charge in [0.1, 0.15) is 25.0 Å². The van der Waals surface area contributed by atoms with Crippen LogP contribution in [0.25, 0.3) is 0 Å². The lowest BCUT2D eigenvalue weighted by atomic mass is 9.97. The van der Waals surface area contributed by atoms with Crippen LogP contribution in [0.15, 0.2) is 15.8 Å². The van der Waals surface area contributed by atoms with Gasteiger partial charge in [0.05, 0.1) is 12.8 Å². The van der Waals surface area contributed by atoms with E-state index in [-0.39, 0.29) is 24.8 Å². The molecule has 2 heterocycles. The quantitative estimate of drug-likeness (QED) is 0.451. The van der Waals surface area contributed by atoms with Crippen molar-refractivity contribution in [3.8, 4) is 0 Å². The van der Waals surface area contributed by atoms with Crippen molar-refractivity contribution in [2.45, 2.75) is 64.4 Å². The Balaban J connectivity index is 1.96. The Hall–Kier alpha value is -2.53. The normalized spacial score (nSPS) is 21.0.